The topological polar surface area (TPSA) is 63.5 Å². The molecule has 0 amide bonds. The van der Waals surface area contributed by atoms with Crippen molar-refractivity contribution in [3.05, 3.63) is 0 Å². The summed E-state index contributed by atoms with van der Waals surface area (Å²) in [5.41, 5.74) is 0. The molecule has 2 N–H and O–H groups in total. The number of hydrogen-bond donors (Lipinski definition) is 2. The van der Waals surface area contributed by atoms with Gasteiger partial charge < -0.3 is 5.32 Å². The van der Waals surface area contributed by atoms with E-state index in [2.05, 4.69) is 34.4 Å². The lowest BCUT2D eigenvalue weighted by Crippen LogP contribution is -2.53. The molecule has 2 rings (SSSR count). The third kappa shape index (κ3) is 2.70. The van der Waals surface area contributed by atoms with E-state index in [9.17, 15) is 0 Å². The molecule has 0 unspecified atom stereocenters. The van der Waals surface area contributed by atoms with Crippen molar-refractivity contribution in [3.63, 3.8) is 0 Å². The molecule has 94 valence electrons. The molecule has 0 aromatic heterocycles. The number of rotatable bonds is 1. The fourth-order valence-corrected chi connectivity index (χ4v) is 2.87. The summed E-state index contributed by atoms with van der Waals surface area (Å²) >= 11 is 0. The standard InChI is InChI=1S/C12H21N5/c1-9-4-3-5-11(10(9)2)17-7-15-12(14-6-13)16-8-17/h9-11H,3-5,7-8H2,1-2H3,(H2,14,15,16)/t9-,10+,11-/m1/s1. The molecule has 0 aromatic carbocycles. The summed E-state index contributed by atoms with van der Waals surface area (Å²) in [7, 11) is 0. The second-order valence-corrected chi connectivity index (χ2v) is 5.14. The normalized spacial score (nSPS) is 34.4. The number of nitrogens with one attached hydrogen (secondary N) is 2. The van der Waals surface area contributed by atoms with Crippen molar-refractivity contribution in [2.24, 2.45) is 16.8 Å². The molecule has 0 saturated heterocycles. The maximum Gasteiger partial charge on any atom is 0.207 e. The summed E-state index contributed by atoms with van der Waals surface area (Å²) in [6.45, 7) is 6.18. The zero-order valence-corrected chi connectivity index (χ0v) is 10.6. The Labute approximate surface area is 103 Å². The Hall–Kier alpha value is -1.28. The smallest absolute Gasteiger partial charge is 0.207 e. The summed E-state index contributed by atoms with van der Waals surface area (Å²) in [6, 6.07) is 0.624. The molecule has 17 heavy (non-hydrogen) atoms. The molecule has 0 radical (unpaired) electrons. The van der Waals surface area contributed by atoms with Gasteiger partial charge in [0.25, 0.3) is 0 Å². The molecule has 5 nitrogen and oxygen atoms in total. The van der Waals surface area contributed by atoms with Gasteiger partial charge in [0.15, 0.2) is 6.19 Å². The number of nitriles is 1. The van der Waals surface area contributed by atoms with Gasteiger partial charge in [-0.1, -0.05) is 26.7 Å². The van der Waals surface area contributed by atoms with Crippen LogP contribution >= 0.6 is 0 Å². The van der Waals surface area contributed by atoms with Gasteiger partial charge in [-0.2, -0.15) is 5.26 Å². The molecular weight excluding hydrogens is 214 g/mol. The number of guanidine groups is 1. The minimum absolute atomic E-state index is 0.597. The van der Waals surface area contributed by atoms with Crippen molar-refractivity contribution in [2.75, 3.05) is 13.3 Å². The quantitative estimate of drug-likeness (QED) is 0.527. The number of aliphatic imine (C=N–C) groups is 1. The van der Waals surface area contributed by atoms with E-state index in [1.165, 1.54) is 19.3 Å². The molecule has 1 aliphatic carbocycles. The van der Waals surface area contributed by atoms with E-state index in [0.717, 1.165) is 18.5 Å². The van der Waals surface area contributed by atoms with E-state index in [4.69, 9.17) is 5.26 Å². The summed E-state index contributed by atoms with van der Waals surface area (Å²) < 4.78 is 0. The van der Waals surface area contributed by atoms with Crippen LogP contribution in [-0.2, 0) is 0 Å². The highest BCUT2D eigenvalue weighted by molar-refractivity contribution is 5.81. The first-order valence-corrected chi connectivity index (χ1v) is 6.40. The molecular formula is C12H21N5. The predicted molar refractivity (Wildman–Crippen MR) is 66.9 cm³/mol. The molecule has 0 bridgehead atoms. The summed E-state index contributed by atoms with van der Waals surface area (Å²) in [5.74, 6) is 2.13. The monoisotopic (exact) mass is 235 g/mol. The third-order valence-corrected chi connectivity index (χ3v) is 4.17. The van der Waals surface area contributed by atoms with E-state index in [0.29, 0.717) is 18.7 Å². The minimum Gasteiger partial charge on any atom is -0.343 e. The molecule has 2 aliphatic rings. The lowest BCUT2D eigenvalue weighted by molar-refractivity contribution is 0.0767. The molecule has 1 saturated carbocycles. The fourth-order valence-electron chi connectivity index (χ4n) is 2.87. The Morgan fingerprint density at radius 3 is 2.94 bits per heavy atom. The van der Waals surface area contributed by atoms with E-state index in [1.807, 2.05) is 6.19 Å². The van der Waals surface area contributed by atoms with Crippen LogP contribution in [0.25, 0.3) is 0 Å². The fraction of sp³-hybridized carbons (Fsp3) is 0.833. The van der Waals surface area contributed by atoms with Crippen LogP contribution in [0.2, 0.25) is 0 Å². The van der Waals surface area contributed by atoms with Crippen LogP contribution in [0.1, 0.15) is 33.1 Å². The van der Waals surface area contributed by atoms with Crippen LogP contribution in [0.15, 0.2) is 4.99 Å². The second-order valence-electron chi connectivity index (χ2n) is 5.14. The van der Waals surface area contributed by atoms with E-state index >= 15 is 0 Å². The molecule has 0 aromatic rings. The molecule has 1 fully saturated rings. The Bertz CT molecular complexity index is 332. The number of hydrogen-bond acceptors (Lipinski definition) is 5. The van der Waals surface area contributed by atoms with E-state index in [1.54, 1.807) is 0 Å². The Morgan fingerprint density at radius 1 is 1.47 bits per heavy atom. The summed E-state index contributed by atoms with van der Waals surface area (Å²) in [4.78, 5) is 6.71. The van der Waals surface area contributed by atoms with Gasteiger partial charge in [0.1, 0.15) is 0 Å². The predicted octanol–water partition coefficient (Wildman–Crippen LogP) is 1.06. The van der Waals surface area contributed by atoms with Gasteiger partial charge >= 0.3 is 0 Å². The van der Waals surface area contributed by atoms with Gasteiger partial charge in [-0.15, -0.1) is 0 Å². The van der Waals surface area contributed by atoms with Gasteiger partial charge in [0.2, 0.25) is 5.96 Å². The van der Waals surface area contributed by atoms with Crippen LogP contribution in [-0.4, -0.2) is 30.2 Å². The molecule has 3 atom stereocenters. The lowest BCUT2D eigenvalue weighted by atomic mass is 9.77. The first-order valence-electron chi connectivity index (χ1n) is 6.40. The van der Waals surface area contributed by atoms with Crippen LogP contribution < -0.4 is 10.6 Å². The van der Waals surface area contributed by atoms with E-state index in [-0.39, 0.29) is 0 Å². The average molecular weight is 235 g/mol. The van der Waals surface area contributed by atoms with Crippen LogP contribution in [0.3, 0.4) is 0 Å². The zero-order valence-electron chi connectivity index (χ0n) is 10.6. The molecule has 1 heterocycles. The van der Waals surface area contributed by atoms with Crippen LogP contribution in [0.5, 0.6) is 0 Å². The molecule has 1 aliphatic heterocycles. The van der Waals surface area contributed by atoms with Gasteiger partial charge in [-0.25, -0.2) is 4.99 Å². The van der Waals surface area contributed by atoms with Gasteiger partial charge in [0.05, 0.1) is 13.3 Å². The Kier molecular flexibility index (Phi) is 3.85. The lowest BCUT2D eigenvalue weighted by Gasteiger charge is -2.42. The van der Waals surface area contributed by atoms with Crippen molar-refractivity contribution in [1.82, 2.24) is 15.5 Å². The minimum atomic E-state index is 0.597. The van der Waals surface area contributed by atoms with Crippen molar-refractivity contribution >= 4 is 5.96 Å². The highest BCUT2D eigenvalue weighted by Crippen LogP contribution is 2.32. The first kappa shape index (κ1) is 12.2. The Morgan fingerprint density at radius 2 is 2.29 bits per heavy atom. The van der Waals surface area contributed by atoms with Gasteiger partial charge in [0, 0.05) is 6.04 Å². The van der Waals surface area contributed by atoms with Crippen LogP contribution in [0.4, 0.5) is 0 Å². The van der Waals surface area contributed by atoms with E-state index < -0.39 is 0 Å². The highest BCUT2D eigenvalue weighted by atomic mass is 15.4. The Balaban J connectivity index is 1.94. The first-order chi connectivity index (χ1) is 8.22. The highest BCUT2D eigenvalue weighted by Gasteiger charge is 2.32. The molecule has 0 spiro atoms. The maximum atomic E-state index is 8.51. The van der Waals surface area contributed by atoms with Crippen molar-refractivity contribution in [2.45, 2.75) is 39.2 Å². The van der Waals surface area contributed by atoms with Crippen molar-refractivity contribution in [1.29, 1.82) is 5.26 Å². The third-order valence-electron chi connectivity index (χ3n) is 4.17. The summed E-state index contributed by atoms with van der Waals surface area (Å²) in [5, 5.41) is 14.2. The van der Waals surface area contributed by atoms with Crippen molar-refractivity contribution < 1.29 is 0 Å². The van der Waals surface area contributed by atoms with Gasteiger partial charge in [-0.3, -0.25) is 10.2 Å². The number of nitrogens with zero attached hydrogens (tertiary/aromatic N) is 3. The molecule has 5 heteroatoms. The SMILES string of the molecule is C[C@H]1[C@H](C)CCC[C@H]1N1CN=C(NC#N)NC1. The van der Waals surface area contributed by atoms with Gasteiger partial charge in [-0.05, 0) is 18.3 Å². The largest absolute Gasteiger partial charge is 0.343 e. The second kappa shape index (κ2) is 5.37. The van der Waals surface area contributed by atoms with Crippen LogP contribution in [0, 0.1) is 23.3 Å². The summed E-state index contributed by atoms with van der Waals surface area (Å²) in [6.07, 6.45) is 5.82. The maximum absolute atomic E-state index is 8.51. The zero-order chi connectivity index (χ0) is 12.3. The van der Waals surface area contributed by atoms with Crippen molar-refractivity contribution in [3.8, 4) is 6.19 Å². The average Bonchev–Trinajstić information content (AvgIpc) is 2.34.